The van der Waals surface area contributed by atoms with Crippen LogP contribution in [0.2, 0.25) is 0 Å². The Labute approximate surface area is 118 Å². The molecular formula is C17H31NO. The zero-order chi connectivity index (χ0) is 13.1. The van der Waals surface area contributed by atoms with E-state index in [0.29, 0.717) is 5.41 Å². The normalized spacial score (nSPS) is 30.2. The van der Waals surface area contributed by atoms with Crippen molar-refractivity contribution in [1.29, 1.82) is 0 Å². The quantitative estimate of drug-likeness (QED) is 0.840. The van der Waals surface area contributed by atoms with Crippen LogP contribution in [0, 0.1) is 11.3 Å². The fraction of sp³-hybridized carbons (Fsp3) is 1.00. The Balaban J connectivity index is 1.39. The topological polar surface area (TPSA) is 23.5 Å². The minimum atomic E-state index is -0.0688. The van der Waals surface area contributed by atoms with Gasteiger partial charge in [-0.1, -0.05) is 38.5 Å². The summed E-state index contributed by atoms with van der Waals surface area (Å²) >= 11 is 0. The van der Waals surface area contributed by atoms with E-state index < -0.39 is 0 Å². The number of β-amino-alcohol motifs (C(OH)–C–C–N with tert-alkyl or cyclic N) is 1. The second kappa shape index (κ2) is 6.13. The van der Waals surface area contributed by atoms with Crippen LogP contribution in [0.25, 0.3) is 0 Å². The average Bonchev–Trinajstić information content (AvgIpc) is 3.05. The molecule has 0 radical (unpaired) electrons. The molecule has 0 aromatic heterocycles. The standard InChI is InChI=1S/C17H31NO/c19-16(13-15-5-1-2-6-15)14-18-11-9-17(10-12-18)7-3-4-8-17/h15-16,19H,1-14H2. The Morgan fingerprint density at radius 3 is 2.21 bits per heavy atom. The first-order valence-electron chi connectivity index (χ1n) is 8.66. The molecule has 1 N–H and O–H groups in total. The van der Waals surface area contributed by atoms with E-state index in [0.717, 1.165) is 18.9 Å². The first-order valence-corrected chi connectivity index (χ1v) is 8.66. The first kappa shape index (κ1) is 13.9. The summed E-state index contributed by atoms with van der Waals surface area (Å²) in [5.41, 5.74) is 0.715. The molecule has 19 heavy (non-hydrogen) atoms. The van der Waals surface area contributed by atoms with E-state index in [2.05, 4.69) is 4.90 Å². The maximum atomic E-state index is 10.3. The van der Waals surface area contributed by atoms with Gasteiger partial charge in [0.25, 0.3) is 0 Å². The van der Waals surface area contributed by atoms with E-state index >= 15 is 0 Å². The van der Waals surface area contributed by atoms with Crippen LogP contribution in [0.3, 0.4) is 0 Å². The van der Waals surface area contributed by atoms with Gasteiger partial charge in [0.05, 0.1) is 6.10 Å². The second-order valence-electron chi connectivity index (χ2n) is 7.55. The number of aliphatic hydroxyl groups excluding tert-OH is 1. The summed E-state index contributed by atoms with van der Waals surface area (Å²) in [4.78, 5) is 2.53. The summed E-state index contributed by atoms with van der Waals surface area (Å²) in [6.07, 6.45) is 15.2. The van der Waals surface area contributed by atoms with Gasteiger partial charge in [0.15, 0.2) is 0 Å². The van der Waals surface area contributed by atoms with E-state index in [1.165, 1.54) is 77.3 Å². The smallest absolute Gasteiger partial charge is 0.0669 e. The van der Waals surface area contributed by atoms with Crippen LogP contribution < -0.4 is 0 Å². The summed E-state index contributed by atoms with van der Waals surface area (Å²) in [6.45, 7) is 3.41. The summed E-state index contributed by atoms with van der Waals surface area (Å²) in [7, 11) is 0. The van der Waals surface area contributed by atoms with Gasteiger partial charge >= 0.3 is 0 Å². The van der Waals surface area contributed by atoms with Gasteiger partial charge in [-0.05, 0) is 56.5 Å². The van der Waals surface area contributed by atoms with Crippen molar-refractivity contribution in [3.05, 3.63) is 0 Å². The molecule has 1 saturated heterocycles. The van der Waals surface area contributed by atoms with E-state index in [1.54, 1.807) is 0 Å². The molecule has 0 aromatic rings. The van der Waals surface area contributed by atoms with Gasteiger partial charge in [0.1, 0.15) is 0 Å². The molecule has 1 atom stereocenters. The Hall–Kier alpha value is -0.0800. The van der Waals surface area contributed by atoms with Gasteiger partial charge in [0, 0.05) is 6.54 Å². The lowest BCUT2D eigenvalue weighted by Crippen LogP contribution is -2.42. The number of rotatable bonds is 4. The molecule has 2 nitrogen and oxygen atoms in total. The molecular weight excluding hydrogens is 234 g/mol. The zero-order valence-corrected chi connectivity index (χ0v) is 12.4. The third-order valence-corrected chi connectivity index (χ3v) is 6.13. The molecule has 2 aliphatic carbocycles. The fourth-order valence-corrected chi connectivity index (χ4v) is 4.84. The van der Waals surface area contributed by atoms with Crippen LogP contribution in [0.15, 0.2) is 0 Å². The molecule has 0 amide bonds. The zero-order valence-electron chi connectivity index (χ0n) is 12.4. The molecule has 3 aliphatic rings. The molecule has 3 fully saturated rings. The third kappa shape index (κ3) is 3.52. The molecule has 110 valence electrons. The lowest BCUT2D eigenvalue weighted by Gasteiger charge is -2.40. The van der Waals surface area contributed by atoms with Gasteiger partial charge < -0.3 is 10.0 Å². The molecule has 0 bridgehead atoms. The van der Waals surface area contributed by atoms with E-state index in [1.807, 2.05) is 0 Å². The third-order valence-electron chi connectivity index (χ3n) is 6.13. The first-order chi connectivity index (χ1) is 9.26. The molecule has 0 aromatic carbocycles. The van der Waals surface area contributed by atoms with Crippen molar-refractivity contribution in [2.75, 3.05) is 19.6 Å². The van der Waals surface area contributed by atoms with Gasteiger partial charge in [-0.3, -0.25) is 0 Å². The number of hydrogen-bond donors (Lipinski definition) is 1. The number of nitrogens with zero attached hydrogens (tertiary/aromatic N) is 1. The summed E-state index contributed by atoms with van der Waals surface area (Å²) < 4.78 is 0. The Kier molecular flexibility index (Phi) is 4.48. The molecule has 1 spiro atoms. The molecule has 1 heterocycles. The number of hydrogen-bond acceptors (Lipinski definition) is 2. The molecule has 1 unspecified atom stereocenters. The fourth-order valence-electron chi connectivity index (χ4n) is 4.84. The lowest BCUT2D eigenvalue weighted by atomic mass is 9.77. The molecule has 2 saturated carbocycles. The Morgan fingerprint density at radius 1 is 0.947 bits per heavy atom. The SMILES string of the molecule is OC(CC1CCCC1)CN1CCC2(CCCC2)CC1. The highest BCUT2D eigenvalue weighted by Crippen LogP contribution is 2.46. The molecule has 2 heteroatoms. The van der Waals surface area contributed by atoms with Crippen molar-refractivity contribution in [3.63, 3.8) is 0 Å². The van der Waals surface area contributed by atoms with Crippen LogP contribution >= 0.6 is 0 Å². The van der Waals surface area contributed by atoms with E-state index in [-0.39, 0.29) is 6.10 Å². The summed E-state index contributed by atoms with van der Waals surface area (Å²) in [5, 5.41) is 10.3. The van der Waals surface area contributed by atoms with Crippen LogP contribution in [0.4, 0.5) is 0 Å². The number of likely N-dealkylation sites (tertiary alicyclic amines) is 1. The van der Waals surface area contributed by atoms with Gasteiger partial charge in [0.2, 0.25) is 0 Å². The molecule has 3 rings (SSSR count). The van der Waals surface area contributed by atoms with Gasteiger partial charge in [-0.15, -0.1) is 0 Å². The average molecular weight is 265 g/mol. The lowest BCUT2D eigenvalue weighted by molar-refractivity contribution is 0.0497. The second-order valence-corrected chi connectivity index (χ2v) is 7.55. The van der Waals surface area contributed by atoms with Crippen molar-refractivity contribution >= 4 is 0 Å². The van der Waals surface area contributed by atoms with E-state index in [9.17, 15) is 5.11 Å². The summed E-state index contributed by atoms with van der Waals surface area (Å²) in [6, 6.07) is 0. The van der Waals surface area contributed by atoms with Gasteiger partial charge in [-0.2, -0.15) is 0 Å². The van der Waals surface area contributed by atoms with Crippen molar-refractivity contribution in [3.8, 4) is 0 Å². The highest BCUT2D eigenvalue weighted by molar-refractivity contribution is 4.90. The minimum absolute atomic E-state index is 0.0688. The maximum Gasteiger partial charge on any atom is 0.0669 e. The van der Waals surface area contributed by atoms with Crippen molar-refractivity contribution < 1.29 is 5.11 Å². The summed E-state index contributed by atoms with van der Waals surface area (Å²) in [5.74, 6) is 0.820. The highest BCUT2D eigenvalue weighted by Gasteiger charge is 2.37. The van der Waals surface area contributed by atoms with Crippen molar-refractivity contribution in [2.24, 2.45) is 11.3 Å². The number of piperidine rings is 1. The van der Waals surface area contributed by atoms with E-state index in [4.69, 9.17) is 0 Å². The predicted octanol–water partition coefficient (Wildman–Crippen LogP) is 3.58. The van der Waals surface area contributed by atoms with Crippen LogP contribution in [-0.4, -0.2) is 35.7 Å². The number of aliphatic hydroxyl groups is 1. The highest BCUT2D eigenvalue weighted by atomic mass is 16.3. The van der Waals surface area contributed by atoms with Crippen molar-refractivity contribution in [1.82, 2.24) is 4.90 Å². The van der Waals surface area contributed by atoms with Crippen LogP contribution in [-0.2, 0) is 0 Å². The predicted molar refractivity (Wildman–Crippen MR) is 79.2 cm³/mol. The largest absolute Gasteiger partial charge is 0.392 e. The van der Waals surface area contributed by atoms with Gasteiger partial charge in [-0.25, -0.2) is 0 Å². The monoisotopic (exact) mass is 265 g/mol. The van der Waals surface area contributed by atoms with Crippen molar-refractivity contribution in [2.45, 2.75) is 76.7 Å². The maximum absolute atomic E-state index is 10.3. The van der Waals surface area contributed by atoms with Crippen LogP contribution in [0.5, 0.6) is 0 Å². The minimum Gasteiger partial charge on any atom is -0.392 e. The van der Waals surface area contributed by atoms with Crippen LogP contribution in [0.1, 0.15) is 70.6 Å². The Morgan fingerprint density at radius 2 is 1.58 bits per heavy atom. The Bertz CT molecular complexity index is 269. The molecule has 1 aliphatic heterocycles.